The van der Waals surface area contributed by atoms with E-state index in [2.05, 4.69) is 12.2 Å². The number of hydrogen-bond donors (Lipinski definition) is 1. The van der Waals surface area contributed by atoms with Gasteiger partial charge in [0.2, 0.25) is 5.91 Å². The minimum Gasteiger partial charge on any atom is -0.368 e. The van der Waals surface area contributed by atoms with Gasteiger partial charge in [0.25, 0.3) is 0 Å². The Kier molecular flexibility index (Phi) is 4.71. The molecule has 0 unspecified atom stereocenters. The van der Waals surface area contributed by atoms with Crippen molar-refractivity contribution in [2.24, 2.45) is 11.8 Å². The molecule has 0 aromatic heterocycles. The number of carbonyl (C=O) groups excluding carboxylic acids is 1. The maximum Gasteiger partial charge on any atom is 0.416 e. The molecule has 0 saturated carbocycles. The van der Waals surface area contributed by atoms with Gasteiger partial charge in [0.15, 0.2) is 0 Å². The maximum absolute atomic E-state index is 12.8. The van der Waals surface area contributed by atoms with Crippen LogP contribution in [0.2, 0.25) is 0 Å². The number of halogens is 3. The summed E-state index contributed by atoms with van der Waals surface area (Å²) in [6.45, 7) is 5.87. The van der Waals surface area contributed by atoms with E-state index in [4.69, 9.17) is 0 Å². The van der Waals surface area contributed by atoms with Crippen molar-refractivity contribution in [1.82, 2.24) is 10.2 Å². The second-order valence-corrected chi connectivity index (χ2v) is 6.60. The summed E-state index contributed by atoms with van der Waals surface area (Å²) < 4.78 is 38.5. The molecular formula is C17H22F3N3O. The predicted molar refractivity (Wildman–Crippen MR) is 85.8 cm³/mol. The molecule has 1 aromatic rings. The fourth-order valence-corrected chi connectivity index (χ4v) is 3.44. The van der Waals surface area contributed by atoms with Gasteiger partial charge in [-0.1, -0.05) is 13.0 Å². The molecule has 2 atom stereocenters. The highest BCUT2D eigenvalue weighted by Gasteiger charge is 2.34. The van der Waals surface area contributed by atoms with E-state index in [0.717, 1.165) is 12.6 Å². The van der Waals surface area contributed by atoms with Crippen molar-refractivity contribution in [1.29, 1.82) is 0 Å². The van der Waals surface area contributed by atoms with Gasteiger partial charge >= 0.3 is 6.18 Å². The number of nitrogens with zero attached hydrogens (tertiary/aromatic N) is 2. The van der Waals surface area contributed by atoms with Crippen LogP contribution in [0.25, 0.3) is 0 Å². The van der Waals surface area contributed by atoms with Crippen molar-refractivity contribution < 1.29 is 18.0 Å². The Morgan fingerprint density at radius 2 is 1.88 bits per heavy atom. The molecule has 132 valence electrons. The number of nitrogens with one attached hydrogen (secondary N) is 1. The standard InChI is InChI=1S/C17H22F3N3O/c1-12-10-21-11-15(12)16(24)23-7-5-22(6-8-23)14-4-2-3-13(9-14)17(18,19)20/h2-4,9,12,15,21H,5-8,10-11H2,1H3/t12-,15-/m1/s1. The number of amides is 1. The average molecular weight is 341 g/mol. The molecule has 7 heteroatoms. The van der Waals surface area contributed by atoms with Gasteiger partial charge in [-0.3, -0.25) is 4.79 Å². The van der Waals surface area contributed by atoms with Gasteiger partial charge < -0.3 is 15.1 Å². The van der Waals surface area contributed by atoms with Crippen molar-refractivity contribution in [3.63, 3.8) is 0 Å². The lowest BCUT2D eigenvalue weighted by molar-refractivity contribution is -0.137. The molecule has 0 aliphatic carbocycles. The number of benzene rings is 1. The van der Waals surface area contributed by atoms with E-state index >= 15 is 0 Å². The van der Waals surface area contributed by atoms with Crippen LogP contribution in [-0.4, -0.2) is 50.1 Å². The van der Waals surface area contributed by atoms with Crippen LogP contribution in [-0.2, 0) is 11.0 Å². The third kappa shape index (κ3) is 3.50. The van der Waals surface area contributed by atoms with Crippen molar-refractivity contribution >= 4 is 11.6 Å². The smallest absolute Gasteiger partial charge is 0.368 e. The minimum atomic E-state index is -4.33. The Balaban J connectivity index is 1.62. The second-order valence-electron chi connectivity index (χ2n) is 6.60. The molecule has 2 aliphatic rings. The lowest BCUT2D eigenvalue weighted by Gasteiger charge is -2.37. The van der Waals surface area contributed by atoms with Crippen LogP contribution in [0.15, 0.2) is 24.3 Å². The van der Waals surface area contributed by atoms with Crippen LogP contribution in [0.1, 0.15) is 12.5 Å². The SMILES string of the molecule is C[C@@H]1CNC[C@H]1C(=O)N1CCN(c2cccc(C(F)(F)F)c2)CC1. The first-order valence-corrected chi connectivity index (χ1v) is 8.28. The monoisotopic (exact) mass is 341 g/mol. The summed E-state index contributed by atoms with van der Waals surface area (Å²) in [7, 11) is 0. The van der Waals surface area contributed by atoms with E-state index in [9.17, 15) is 18.0 Å². The Morgan fingerprint density at radius 3 is 2.46 bits per heavy atom. The van der Waals surface area contributed by atoms with E-state index in [1.807, 2.05) is 9.80 Å². The van der Waals surface area contributed by atoms with Crippen LogP contribution in [0.3, 0.4) is 0 Å². The number of piperazine rings is 1. The maximum atomic E-state index is 12.8. The summed E-state index contributed by atoms with van der Waals surface area (Å²) in [5.41, 5.74) is -0.0721. The Bertz CT molecular complexity index is 597. The van der Waals surface area contributed by atoms with E-state index in [-0.39, 0.29) is 11.8 Å². The van der Waals surface area contributed by atoms with Crippen LogP contribution >= 0.6 is 0 Å². The predicted octanol–water partition coefficient (Wildman–Crippen LogP) is 2.21. The van der Waals surface area contributed by atoms with E-state index < -0.39 is 11.7 Å². The molecule has 1 amide bonds. The van der Waals surface area contributed by atoms with Gasteiger partial charge in [0.1, 0.15) is 0 Å². The molecular weight excluding hydrogens is 319 g/mol. The average Bonchev–Trinajstić information content (AvgIpc) is 3.00. The molecule has 0 spiro atoms. The van der Waals surface area contributed by atoms with Crippen molar-refractivity contribution in [2.75, 3.05) is 44.2 Å². The van der Waals surface area contributed by atoms with Crippen molar-refractivity contribution in [3.8, 4) is 0 Å². The molecule has 3 rings (SSSR count). The third-order valence-electron chi connectivity index (χ3n) is 4.96. The highest BCUT2D eigenvalue weighted by molar-refractivity contribution is 5.80. The summed E-state index contributed by atoms with van der Waals surface area (Å²) in [4.78, 5) is 16.3. The number of alkyl halides is 3. The van der Waals surface area contributed by atoms with Gasteiger partial charge in [-0.25, -0.2) is 0 Å². The molecule has 2 aliphatic heterocycles. The van der Waals surface area contributed by atoms with E-state index in [1.165, 1.54) is 12.1 Å². The van der Waals surface area contributed by atoms with Crippen molar-refractivity contribution in [3.05, 3.63) is 29.8 Å². The van der Waals surface area contributed by atoms with Crippen LogP contribution in [0, 0.1) is 11.8 Å². The zero-order valence-electron chi connectivity index (χ0n) is 13.6. The Labute approximate surface area is 139 Å². The lowest BCUT2D eigenvalue weighted by Crippen LogP contribution is -2.51. The van der Waals surface area contributed by atoms with Crippen LogP contribution < -0.4 is 10.2 Å². The summed E-state index contributed by atoms with van der Waals surface area (Å²) in [5, 5.41) is 3.23. The lowest BCUT2D eigenvalue weighted by atomic mass is 9.96. The van der Waals surface area contributed by atoms with Gasteiger partial charge in [0, 0.05) is 38.4 Å². The fourth-order valence-electron chi connectivity index (χ4n) is 3.44. The Morgan fingerprint density at radius 1 is 1.17 bits per heavy atom. The fraction of sp³-hybridized carbons (Fsp3) is 0.588. The highest BCUT2D eigenvalue weighted by Crippen LogP contribution is 2.32. The Hall–Kier alpha value is -1.76. The van der Waals surface area contributed by atoms with E-state index in [1.54, 1.807) is 6.07 Å². The molecule has 24 heavy (non-hydrogen) atoms. The molecule has 1 N–H and O–H groups in total. The molecule has 0 bridgehead atoms. The zero-order chi connectivity index (χ0) is 17.3. The van der Waals surface area contributed by atoms with Gasteiger partial charge in [-0.05, 0) is 30.7 Å². The largest absolute Gasteiger partial charge is 0.416 e. The van der Waals surface area contributed by atoms with Gasteiger partial charge in [-0.2, -0.15) is 13.2 Å². The molecule has 4 nitrogen and oxygen atoms in total. The number of rotatable bonds is 2. The first-order valence-electron chi connectivity index (χ1n) is 8.28. The number of carbonyl (C=O) groups is 1. The topological polar surface area (TPSA) is 35.6 Å². The molecule has 1 aromatic carbocycles. The quantitative estimate of drug-likeness (QED) is 0.896. The van der Waals surface area contributed by atoms with Crippen molar-refractivity contribution in [2.45, 2.75) is 13.1 Å². The van der Waals surface area contributed by atoms with Gasteiger partial charge in [-0.15, -0.1) is 0 Å². The number of hydrogen-bond acceptors (Lipinski definition) is 3. The first-order chi connectivity index (χ1) is 11.4. The minimum absolute atomic E-state index is 0.0186. The van der Waals surface area contributed by atoms with Gasteiger partial charge in [0.05, 0.1) is 11.5 Å². The third-order valence-corrected chi connectivity index (χ3v) is 4.96. The first kappa shape index (κ1) is 17.1. The summed E-state index contributed by atoms with van der Waals surface area (Å²) in [6.07, 6.45) is -4.33. The summed E-state index contributed by atoms with van der Waals surface area (Å²) in [6, 6.07) is 5.38. The molecule has 2 fully saturated rings. The highest BCUT2D eigenvalue weighted by atomic mass is 19.4. The molecule has 2 heterocycles. The second kappa shape index (κ2) is 6.63. The normalized spacial score (nSPS) is 25.2. The molecule has 2 saturated heterocycles. The summed E-state index contributed by atoms with van der Waals surface area (Å²) >= 11 is 0. The zero-order valence-corrected chi connectivity index (χ0v) is 13.6. The van der Waals surface area contributed by atoms with Crippen LogP contribution in [0.4, 0.5) is 18.9 Å². The number of anilines is 1. The van der Waals surface area contributed by atoms with Crippen LogP contribution in [0.5, 0.6) is 0 Å². The summed E-state index contributed by atoms with van der Waals surface area (Å²) in [5.74, 6) is 0.514. The van der Waals surface area contributed by atoms with E-state index in [0.29, 0.717) is 44.3 Å². The molecule has 0 radical (unpaired) electrons.